The summed E-state index contributed by atoms with van der Waals surface area (Å²) < 4.78 is 44.5. The van der Waals surface area contributed by atoms with Crippen molar-refractivity contribution in [2.24, 2.45) is 5.92 Å². The highest BCUT2D eigenvalue weighted by Gasteiger charge is 2.34. The van der Waals surface area contributed by atoms with Crippen LogP contribution in [0.1, 0.15) is 37.0 Å². The zero-order chi connectivity index (χ0) is 21.1. The third-order valence-corrected chi connectivity index (χ3v) is 4.22. The summed E-state index contributed by atoms with van der Waals surface area (Å²) in [7, 11) is 0. The zero-order valence-corrected chi connectivity index (χ0v) is 16.3. The Morgan fingerprint density at radius 2 is 1.96 bits per heavy atom. The molecule has 2 aromatic rings. The second-order valence-corrected chi connectivity index (χ2v) is 6.88. The van der Waals surface area contributed by atoms with E-state index in [1.165, 1.54) is 12.3 Å². The number of anilines is 1. The van der Waals surface area contributed by atoms with Gasteiger partial charge in [-0.15, -0.1) is 0 Å². The SMILES string of the molecule is Cc1c(C=COCCC(C)C)c(O)n(Nc2ccc(C(F)(F)F)c(Cl)n2)c1O. The summed E-state index contributed by atoms with van der Waals surface area (Å²) in [6.07, 6.45) is -0.883. The van der Waals surface area contributed by atoms with Crippen LogP contribution in [0.25, 0.3) is 6.08 Å². The van der Waals surface area contributed by atoms with Gasteiger partial charge in [-0.3, -0.25) is 5.43 Å². The van der Waals surface area contributed by atoms with Crippen molar-refractivity contribution in [3.8, 4) is 11.8 Å². The first-order chi connectivity index (χ1) is 13.0. The van der Waals surface area contributed by atoms with Crippen molar-refractivity contribution in [2.45, 2.75) is 33.4 Å². The van der Waals surface area contributed by atoms with E-state index in [9.17, 15) is 23.4 Å². The topological polar surface area (TPSA) is 79.5 Å². The van der Waals surface area contributed by atoms with Crippen LogP contribution in [-0.4, -0.2) is 26.5 Å². The highest BCUT2D eigenvalue weighted by Crippen LogP contribution is 2.36. The first kappa shape index (κ1) is 21.7. The lowest BCUT2D eigenvalue weighted by molar-refractivity contribution is -0.137. The predicted molar refractivity (Wildman–Crippen MR) is 100 cm³/mol. The molecule has 0 spiro atoms. The molecule has 154 valence electrons. The van der Waals surface area contributed by atoms with E-state index in [1.807, 2.05) is 0 Å². The molecule has 0 bridgehead atoms. The normalized spacial score (nSPS) is 12.1. The molecule has 0 unspecified atom stereocenters. The van der Waals surface area contributed by atoms with Gasteiger partial charge in [0.15, 0.2) is 0 Å². The van der Waals surface area contributed by atoms with E-state index >= 15 is 0 Å². The first-order valence-electron chi connectivity index (χ1n) is 8.44. The molecule has 0 saturated carbocycles. The molecule has 0 aromatic carbocycles. The Morgan fingerprint density at radius 1 is 1.29 bits per heavy atom. The fourth-order valence-corrected chi connectivity index (χ4v) is 2.55. The second-order valence-electron chi connectivity index (χ2n) is 6.52. The lowest BCUT2D eigenvalue weighted by Gasteiger charge is -2.12. The van der Waals surface area contributed by atoms with E-state index in [0.29, 0.717) is 18.1 Å². The summed E-state index contributed by atoms with van der Waals surface area (Å²) in [6, 6.07) is 1.79. The van der Waals surface area contributed by atoms with Crippen LogP contribution in [0.4, 0.5) is 19.0 Å². The number of nitrogens with one attached hydrogen (secondary N) is 1. The Morgan fingerprint density at radius 3 is 2.54 bits per heavy atom. The van der Waals surface area contributed by atoms with E-state index in [1.54, 1.807) is 6.92 Å². The summed E-state index contributed by atoms with van der Waals surface area (Å²) >= 11 is 5.58. The lowest BCUT2D eigenvalue weighted by atomic mass is 10.1. The molecule has 10 heteroatoms. The van der Waals surface area contributed by atoms with Crippen LogP contribution >= 0.6 is 11.6 Å². The molecule has 0 saturated heterocycles. The molecule has 0 radical (unpaired) electrons. The van der Waals surface area contributed by atoms with Gasteiger partial charge in [0.05, 0.1) is 18.4 Å². The standard InChI is InChI=1S/C18H21ClF3N3O3/c1-10(2)6-8-28-9-7-12-11(3)16(26)25(17(12)27)24-14-5-4-13(15(19)23-14)18(20,21)22/h4-5,7,9-10,26-27H,6,8H2,1-3H3,(H,23,24). The van der Waals surface area contributed by atoms with Crippen molar-refractivity contribution in [3.63, 3.8) is 0 Å². The number of ether oxygens (including phenoxy) is 1. The molecule has 2 aromatic heterocycles. The van der Waals surface area contributed by atoms with Gasteiger partial charge in [-0.2, -0.15) is 17.8 Å². The molecule has 0 amide bonds. The van der Waals surface area contributed by atoms with Crippen molar-refractivity contribution < 1.29 is 28.1 Å². The molecule has 0 aliphatic carbocycles. The average molecular weight is 420 g/mol. The number of alkyl halides is 3. The summed E-state index contributed by atoms with van der Waals surface area (Å²) in [5.41, 5.74) is 2.06. The van der Waals surface area contributed by atoms with E-state index < -0.39 is 16.9 Å². The van der Waals surface area contributed by atoms with Crippen molar-refractivity contribution >= 4 is 23.5 Å². The summed E-state index contributed by atoms with van der Waals surface area (Å²) in [5, 5.41) is 19.8. The van der Waals surface area contributed by atoms with Gasteiger partial charge in [-0.05, 0) is 37.5 Å². The van der Waals surface area contributed by atoms with Crippen LogP contribution in [0.5, 0.6) is 11.8 Å². The Labute approximate surface area is 165 Å². The van der Waals surface area contributed by atoms with Gasteiger partial charge < -0.3 is 14.9 Å². The van der Waals surface area contributed by atoms with E-state index in [0.717, 1.165) is 23.2 Å². The minimum atomic E-state index is -4.63. The molecule has 3 N–H and O–H groups in total. The molecule has 0 aliphatic heterocycles. The number of aromatic nitrogens is 2. The fraction of sp³-hybridized carbons (Fsp3) is 0.389. The van der Waals surface area contributed by atoms with Gasteiger partial charge in [0, 0.05) is 11.1 Å². The number of rotatable bonds is 7. The number of pyridine rings is 1. The largest absolute Gasteiger partial charge is 0.501 e. The lowest BCUT2D eigenvalue weighted by Crippen LogP contribution is -2.12. The smallest absolute Gasteiger partial charge is 0.419 e. The monoisotopic (exact) mass is 419 g/mol. The Hall–Kier alpha value is -2.55. The fourth-order valence-electron chi connectivity index (χ4n) is 2.29. The van der Waals surface area contributed by atoms with Crippen LogP contribution in [0.2, 0.25) is 5.15 Å². The van der Waals surface area contributed by atoms with Crippen LogP contribution in [0, 0.1) is 12.8 Å². The van der Waals surface area contributed by atoms with Crippen molar-refractivity contribution in [3.05, 3.63) is 40.2 Å². The zero-order valence-electron chi connectivity index (χ0n) is 15.5. The average Bonchev–Trinajstić information content (AvgIpc) is 2.77. The number of nitrogens with zero attached hydrogens (tertiary/aromatic N) is 2. The molecule has 0 fully saturated rings. The molecule has 0 aliphatic rings. The first-order valence-corrected chi connectivity index (χ1v) is 8.82. The van der Waals surface area contributed by atoms with Crippen LogP contribution in [0.3, 0.4) is 0 Å². The van der Waals surface area contributed by atoms with E-state index in [2.05, 4.69) is 24.3 Å². The van der Waals surface area contributed by atoms with Gasteiger partial charge in [0.25, 0.3) is 0 Å². The van der Waals surface area contributed by atoms with Gasteiger partial charge in [0.1, 0.15) is 11.0 Å². The molecule has 28 heavy (non-hydrogen) atoms. The molecule has 6 nitrogen and oxygen atoms in total. The highest BCUT2D eigenvalue weighted by atomic mass is 35.5. The number of aromatic hydroxyl groups is 2. The summed E-state index contributed by atoms with van der Waals surface area (Å²) in [5.74, 6) is -0.308. The molecule has 2 rings (SSSR count). The highest BCUT2D eigenvalue weighted by molar-refractivity contribution is 6.30. The third kappa shape index (κ3) is 5.03. The summed E-state index contributed by atoms with van der Waals surface area (Å²) in [4.78, 5) is 3.61. The van der Waals surface area contributed by atoms with Gasteiger partial charge in [-0.25, -0.2) is 4.98 Å². The third-order valence-electron chi connectivity index (χ3n) is 3.93. The maximum Gasteiger partial charge on any atom is 0.419 e. The quantitative estimate of drug-likeness (QED) is 0.327. The van der Waals surface area contributed by atoms with Crippen LogP contribution < -0.4 is 5.43 Å². The van der Waals surface area contributed by atoms with Crippen LogP contribution in [-0.2, 0) is 10.9 Å². The van der Waals surface area contributed by atoms with Gasteiger partial charge >= 0.3 is 6.18 Å². The Balaban J connectivity index is 2.21. The van der Waals surface area contributed by atoms with Crippen molar-refractivity contribution in [1.29, 1.82) is 0 Å². The summed E-state index contributed by atoms with van der Waals surface area (Å²) in [6.45, 7) is 6.20. The Bertz CT molecular complexity index is 864. The molecular weight excluding hydrogens is 399 g/mol. The predicted octanol–water partition coefficient (Wildman–Crippen LogP) is 5.18. The minimum Gasteiger partial charge on any atom is -0.501 e. The molecule has 2 heterocycles. The maximum absolute atomic E-state index is 12.8. The van der Waals surface area contributed by atoms with Gasteiger partial charge in [0.2, 0.25) is 11.8 Å². The number of hydrogen-bond donors (Lipinski definition) is 3. The van der Waals surface area contributed by atoms with E-state index in [4.69, 9.17) is 16.3 Å². The van der Waals surface area contributed by atoms with Crippen molar-refractivity contribution in [1.82, 2.24) is 9.66 Å². The number of halogens is 4. The molecule has 0 atom stereocenters. The molecular formula is C18H21ClF3N3O3. The van der Waals surface area contributed by atoms with Crippen LogP contribution in [0.15, 0.2) is 18.4 Å². The Kier molecular flexibility index (Phi) is 6.71. The number of hydrogen-bond acceptors (Lipinski definition) is 5. The van der Waals surface area contributed by atoms with Crippen molar-refractivity contribution in [2.75, 3.05) is 12.0 Å². The van der Waals surface area contributed by atoms with E-state index in [-0.39, 0.29) is 23.1 Å². The second kappa shape index (κ2) is 8.64. The minimum absolute atomic E-state index is 0.0951. The maximum atomic E-state index is 12.8. The van der Waals surface area contributed by atoms with Gasteiger partial charge in [-0.1, -0.05) is 25.4 Å².